The Bertz CT molecular complexity index is 638. The highest BCUT2D eigenvalue weighted by molar-refractivity contribution is 5.58. The number of nitrogens with two attached hydrogens (primary N) is 1. The Kier molecular flexibility index (Phi) is 3.60. The van der Waals surface area contributed by atoms with Crippen molar-refractivity contribution < 1.29 is 18.4 Å². The maximum Gasteiger partial charge on any atom is 0.261 e. The molecule has 0 amide bonds. The van der Waals surface area contributed by atoms with Gasteiger partial charge in [0.2, 0.25) is 5.82 Å². The third-order valence-electron chi connectivity index (χ3n) is 3.75. The maximum absolute atomic E-state index is 13.9. The first-order valence-corrected chi connectivity index (χ1v) is 6.67. The van der Waals surface area contributed by atoms with E-state index in [2.05, 4.69) is 10.1 Å². The molecule has 2 N–H and O–H groups in total. The second-order valence-electron chi connectivity index (χ2n) is 4.97. The van der Waals surface area contributed by atoms with E-state index in [-0.39, 0.29) is 11.5 Å². The van der Waals surface area contributed by atoms with E-state index in [0.29, 0.717) is 37.6 Å². The van der Waals surface area contributed by atoms with Crippen molar-refractivity contribution in [1.29, 1.82) is 0 Å². The van der Waals surface area contributed by atoms with Gasteiger partial charge in [0, 0.05) is 38.9 Å². The molecular weight excluding hydrogens is 277 g/mol. The zero-order valence-electron chi connectivity index (χ0n) is 11.6. The molecule has 112 valence electrons. The summed E-state index contributed by atoms with van der Waals surface area (Å²) in [5, 5.41) is 3.96. The lowest BCUT2D eigenvalue weighted by Gasteiger charge is -2.32. The largest absolute Gasteiger partial charge is 0.399 e. The Morgan fingerprint density at radius 3 is 2.76 bits per heavy atom. The fourth-order valence-electron chi connectivity index (χ4n) is 2.44. The van der Waals surface area contributed by atoms with E-state index in [1.165, 1.54) is 12.1 Å². The summed E-state index contributed by atoms with van der Waals surface area (Å²) >= 11 is 0. The van der Waals surface area contributed by atoms with Crippen LogP contribution in [-0.4, -0.2) is 30.5 Å². The van der Waals surface area contributed by atoms with Crippen LogP contribution in [-0.2, 0) is 15.1 Å². The number of rotatable bonds is 3. The molecule has 2 aromatic rings. The molecule has 7 heteroatoms. The number of anilines is 1. The third-order valence-corrected chi connectivity index (χ3v) is 3.75. The molecule has 2 heterocycles. The fourth-order valence-corrected chi connectivity index (χ4v) is 2.44. The van der Waals surface area contributed by atoms with Crippen LogP contribution in [0, 0.1) is 5.82 Å². The van der Waals surface area contributed by atoms with E-state index < -0.39 is 11.4 Å². The van der Waals surface area contributed by atoms with Crippen LogP contribution in [0.4, 0.5) is 10.1 Å². The molecule has 1 aromatic carbocycles. The second kappa shape index (κ2) is 5.42. The van der Waals surface area contributed by atoms with Crippen LogP contribution >= 0.6 is 0 Å². The van der Waals surface area contributed by atoms with E-state index in [1.807, 2.05) is 0 Å². The summed E-state index contributed by atoms with van der Waals surface area (Å²) in [7, 11) is 1.60. The molecule has 3 rings (SSSR count). The highest BCUT2D eigenvalue weighted by Crippen LogP contribution is 2.35. The molecule has 1 saturated heterocycles. The molecule has 1 aliphatic heterocycles. The third kappa shape index (κ3) is 2.50. The molecule has 1 aliphatic rings. The van der Waals surface area contributed by atoms with Gasteiger partial charge in [-0.25, -0.2) is 4.39 Å². The summed E-state index contributed by atoms with van der Waals surface area (Å²) in [5.74, 6) is 0.0357. The fraction of sp³-hybridized carbons (Fsp3) is 0.429. The first-order chi connectivity index (χ1) is 10.1. The molecule has 0 spiro atoms. The van der Waals surface area contributed by atoms with E-state index in [0.717, 1.165) is 0 Å². The van der Waals surface area contributed by atoms with Crippen LogP contribution in [0.3, 0.4) is 0 Å². The topological polar surface area (TPSA) is 83.4 Å². The predicted octanol–water partition coefficient (Wildman–Crippen LogP) is 2.11. The lowest BCUT2D eigenvalue weighted by molar-refractivity contribution is -0.101. The first kappa shape index (κ1) is 14.0. The molecule has 1 fully saturated rings. The molecule has 0 atom stereocenters. The monoisotopic (exact) mass is 293 g/mol. The lowest BCUT2D eigenvalue weighted by Crippen LogP contribution is -2.36. The van der Waals surface area contributed by atoms with Gasteiger partial charge in [-0.3, -0.25) is 0 Å². The normalized spacial score (nSPS) is 17.8. The molecule has 1 aromatic heterocycles. The number of halogens is 1. The quantitative estimate of drug-likeness (QED) is 0.873. The van der Waals surface area contributed by atoms with Gasteiger partial charge in [0.1, 0.15) is 11.4 Å². The second-order valence-corrected chi connectivity index (χ2v) is 4.97. The van der Waals surface area contributed by atoms with E-state index >= 15 is 0 Å². The summed E-state index contributed by atoms with van der Waals surface area (Å²) in [6, 6.07) is 4.33. The Balaban J connectivity index is 1.95. The SMILES string of the molecule is COC1(c2noc(-c3ccc(N)cc3F)n2)CCOCC1. The molecule has 0 unspecified atom stereocenters. The van der Waals surface area contributed by atoms with Crippen LogP contribution in [0.1, 0.15) is 18.7 Å². The van der Waals surface area contributed by atoms with Gasteiger partial charge < -0.3 is 19.7 Å². The average molecular weight is 293 g/mol. The molecule has 0 bridgehead atoms. The van der Waals surface area contributed by atoms with Crippen LogP contribution < -0.4 is 5.73 Å². The summed E-state index contributed by atoms with van der Waals surface area (Å²) in [6.45, 7) is 1.13. The average Bonchev–Trinajstić information content (AvgIpc) is 2.98. The maximum atomic E-state index is 13.9. The molecular formula is C14H16FN3O3. The molecule has 0 aliphatic carbocycles. The van der Waals surface area contributed by atoms with Crippen molar-refractivity contribution in [3.63, 3.8) is 0 Å². The number of hydrogen-bond donors (Lipinski definition) is 1. The van der Waals surface area contributed by atoms with Crippen LogP contribution in [0.2, 0.25) is 0 Å². The van der Waals surface area contributed by atoms with E-state index in [4.69, 9.17) is 19.7 Å². The Morgan fingerprint density at radius 1 is 1.33 bits per heavy atom. The van der Waals surface area contributed by atoms with Gasteiger partial charge in [-0.2, -0.15) is 4.98 Å². The zero-order valence-corrected chi connectivity index (χ0v) is 11.6. The van der Waals surface area contributed by atoms with Gasteiger partial charge in [0.15, 0.2) is 0 Å². The van der Waals surface area contributed by atoms with Crippen molar-refractivity contribution in [1.82, 2.24) is 10.1 Å². The van der Waals surface area contributed by atoms with E-state index in [1.54, 1.807) is 13.2 Å². The minimum Gasteiger partial charge on any atom is -0.399 e. The number of aromatic nitrogens is 2. The molecule has 6 nitrogen and oxygen atoms in total. The van der Waals surface area contributed by atoms with Crippen molar-refractivity contribution in [2.45, 2.75) is 18.4 Å². The van der Waals surface area contributed by atoms with Crippen molar-refractivity contribution in [3.8, 4) is 11.5 Å². The van der Waals surface area contributed by atoms with Gasteiger partial charge in [-0.05, 0) is 18.2 Å². The van der Waals surface area contributed by atoms with Crippen LogP contribution in [0.25, 0.3) is 11.5 Å². The van der Waals surface area contributed by atoms with Crippen molar-refractivity contribution in [2.24, 2.45) is 0 Å². The van der Waals surface area contributed by atoms with Gasteiger partial charge in [0.05, 0.1) is 5.56 Å². The van der Waals surface area contributed by atoms with Crippen molar-refractivity contribution in [3.05, 3.63) is 29.8 Å². The van der Waals surface area contributed by atoms with Gasteiger partial charge in [-0.1, -0.05) is 5.16 Å². The summed E-state index contributed by atoms with van der Waals surface area (Å²) < 4.78 is 30.0. The number of ether oxygens (including phenoxy) is 2. The number of benzene rings is 1. The molecule has 0 saturated carbocycles. The van der Waals surface area contributed by atoms with Gasteiger partial charge in [0.25, 0.3) is 5.89 Å². The number of methoxy groups -OCH3 is 1. The minimum atomic E-state index is -0.635. The van der Waals surface area contributed by atoms with Gasteiger partial charge >= 0.3 is 0 Å². The highest BCUT2D eigenvalue weighted by Gasteiger charge is 2.39. The van der Waals surface area contributed by atoms with Crippen molar-refractivity contribution >= 4 is 5.69 Å². The number of nitrogen functional groups attached to an aromatic ring is 1. The summed E-state index contributed by atoms with van der Waals surface area (Å²) in [4.78, 5) is 4.30. The Hall–Kier alpha value is -1.99. The smallest absolute Gasteiger partial charge is 0.261 e. The predicted molar refractivity (Wildman–Crippen MR) is 72.8 cm³/mol. The first-order valence-electron chi connectivity index (χ1n) is 6.67. The lowest BCUT2D eigenvalue weighted by atomic mass is 9.93. The summed E-state index contributed by atoms with van der Waals surface area (Å²) in [5.41, 5.74) is 5.46. The van der Waals surface area contributed by atoms with E-state index in [9.17, 15) is 4.39 Å². The molecule has 0 radical (unpaired) electrons. The Labute approximate surface area is 121 Å². The minimum absolute atomic E-state index is 0.116. The van der Waals surface area contributed by atoms with Gasteiger partial charge in [-0.15, -0.1) is 0 Å². The number of nitrogens with zero attached hydrogens (tertiary/aromatic N) is 2. The zero-order chi connectivity index (χ0) is 14.9. The summed E-state index contributed by atoms with van der Waals surface area (Å²) in [6.07, 6.45) is 1.26. The highest BCUT2D eigenvalue weighted by atomic mass is 19.1. The Morgan fingerprint density at radius 2 is 2.10 bits per heavy atom. The van der Waals surface area contributed by atoms with Crippen LogP contribution in [0.15, 0.2) is 22.7 Å². The van der Waals surface area contributed by atoms with Crippen LogP contribution in [0.5, 0.6) is 0 Å². The molecule has 21 heavy (non-hydrogen) atoms. The standard InChI is InChI=1S/C14H16FN3O3/c1-19-14(4-6-20-7-5-14)13-17-12(21-18-13)10-3-2-9(16)8-11(10)15/h2-3,8H,4-7,16H2,1H3. The number of hydrogen-bond acceptors (Lipinski definition) is 6. The van der Waals surface area contributed by atoms with Crippen molar-refractivity contribution in [2.75, 3.05) is 26.1 Å².